The molecule has 120 valence electrons. The van der Waals surface area contributed by atoms with Gasteiger partial charge in [-0.15, -0.1) is 0 Å². The molecule has 0 bridgehead atoms. The van der Waals surface area contributed by atoms with Gasteiger partial charge in [0.1, 0.15) is 5.84 Å². The van der Waals surface area contributed by atoms with E-state index in [0.29, 0.717) is 12.5 Å². The van der Waals surface area contributed by atoms with Gasteiger partial charge in [-0.3, -0.25) is 4.98 Å². The van der Waals surface area contributed by atoms with E-state index in [1.165, 1.54) is 0 Å². The third kappa shape index (κ3) is 3.38. The Kier molecular flexibility index (Phi) is 4.64. The number of nitrogens with two attached hydrogens (primary N) is 1. The second-order valence-corrected chi connectivity index (χ2v) is 6.65. The van der Waals surface area contributed by atoms with Crippen LogP contribution in [-0.2, 0) is 6.54 Å². The zero-order chi connectivity index (χ0) is 16.4. The lowest BCUT2D eigenvalue weighted by Crippen LogP contribution is -2.45. The van der Waals surface area contributed by atoms with Crippen LogP contribution in [0.15, 0.2) is 47.7 Å². The molecule has 0 radical (unpaired) electrons. The van der Waals surface area contributed by atoms with E-state index >= 15 is 0 Å². The number of amidine groups is 1. The van der Waals surface area contributed by atoms with Crippen LogP contribution in [0, 0.1) is 5.92 Å². The van der Waals surface area contributed by atoms with Gasteiger partial charge in [0, 0.05) is 16.8 Å². The van der Waals surface area contributed by atoms with Gasteiger partial charge in [-0.1, -0.05) is 31.5 Å². The molecule has 1 aliphatic rings. The Balaban J connectivity index is 2.05. The number of rotatable bonds is 4. The molecule has 5 heteroatoms. The Hall–Kier alpha value is -1.91. The summed E-state index contributed by atoms with van der Waals surface area (Å²) in [7, 11) is 0. The van der Waals surface area contributed by atoms with Crippen molar-refractivity contribution in [2.75, 3.05) is 4.90 Å². The summed E-state index contributed by atoms with van der Waals surface area (Å²) in [6.07, 6.45) is 4.48. The number of aliphatic imine (C=N–C) groups is 1. The van der Waals surface area contributed by atoms with Crippen molar-refractivity contribution in [3.05, 3.63) is 53.3 Å². The van der Waals surface area contributed by atoms with Gasteiger partial charge < -0.3 is 10.6 Å². The van der Waals surface area contributed by atoms with Crippen molar-refractivity contribution in [3.8, 4) is 0 Å². The molecule has 1 aromatic carbocycles. The SMILES string of the molecule is CC(C)C[C@H](N)C1=Nc2cccc(Cl)c2CN1c1cccnc1. The Morgan fingerprint density at radius 1 is 1.26 bits per heavy atom. The van der Waals surface area contributed by atoms with E-state index in [4.69, 9.17) is 22.3 Å². The van der Waals surface area contributed by atoms with Crippen LogP contribution in [0.25, 0.3) is 0 Å². The van der Waals surface area contributed by atoms with Crippen molar-refractivity contribution in [1.29, 1.82) is 0 Å². The number of pyridine rings is 1. The number of anilines is 1. The lowest BCUT2D eigenvalue weighted by atomic mass is 10.0. The summed E-state index contributed by atoms with van der Waals surface area (Å²) >= 11 is 6.36. The molecule has 0 aliphatic carbocycles. The monoisotopic (exact) mass is 328 g/mol. The average molecular weight is 329 g/mol. The molecule has 4 nitrogen and oxygen atoms in total. The van der Waals surface area contributed by atoms with Crippen LogP contribution in [0.3, 0.4) is 0 Å². The van der Waals surface area contributed by atoms with Gasteiger partial charge in [-0.05, 0) is 36.6 Å². The summed E-state index contributed by atoms with van der Waals surface area (Å²) < 4.78 is 0. The molecular formula is C18H21ClN4. The largest absolute Gasteiger partial charge is 0.323 e. The molecule has 2 heterocycles. The highest BCUT2D eigenvalue weighted by atomic mass is 35.5. The summed E-state index contributed by atoms with van der Waals surface area (Å²) in [6, 6.07) is 9.63. The first-order valence-corrected chi connectivity index (χ1v) is 8.23. The summed E-state index contributed by atoms with van der Waals surface area (Å²) in [6.45, 7) is 5.00. The maximum absolute atomic E-state index is 6.45. The molecule has 2 aromatic rings. The van der Waals surface area contributed by atoms with Crippen LogP contribution in [0.1, 0.15) is 25.8 Å². The van der Waals surface area contributed by atoms with E-state index in [2.05, 4.69) is 23.7 Å². The van der Waals surface area contributed by atoms with Gasteiger partial charge in [0.15, 0.2) is 0 Å². The van der Waals surface area contributed by atoms with Gasteiger partial charge in [0.25, 0.3) is 0 Å². The van der Waals surface area contributed by atoms with Crippen LogP contribution < -0.4 is 10.6 Å². The molecule has 1 atom stereocenters. The van der Waals surface area contributed by atoms with Crippen LogP contribution in [0.5, 0.6) is 0 Å². The molecule has 3 rings (SSSR count). The minimum absolute atomic E-state index is 0.123. The maximum atomic E-state index is 6.45. The standard InChI is InChI=1S/C18H21ClN4/c1-12(2)9-16(20)18-22-17-7-3-6-15(19)14(17)11-23(18)13-5-4-8-21-10-13/h3-8,10,12,16H,9,11,20H2,1-2H3/t16-/m0/s1. The van der Waals surface area contributed by atoms with E-state index in [9.17, 15) is 0 Å². The van der Waals surface area contributed by atoms with Crippen molar-refractivity contribution in [2.45, 2.75) is 32.9 Å². The van der Waals surface area contributed by atoms with Crippen molar-refractivity contribution in [2.24, 2.45) is 16.6 Å². The van der Waals surface area contributed by atoms with E-state index in [1.54, 1.807) is 6.20 Å². The third-order valence-corrected chi connectivity index (χ3v) is 4.29. The summed E-state index contributed by atoms with van der Waals surface area (Å²) in [5, 5.41) is 0.733. The van der Waals surface area contributed by atoms with Crippen LogP contribution >= 0.6 is 11.6 Å². The fourth-order valence-electron chi connectivity index (χ4n) is 2.86. The zero-order valence-electron chi connectivity index (χ0n) is 13.4. The smallest absolute Gasteiger partial charge is 0.127 e. The predicted molar refractivity (Wildman–Crippen MR) is 96.4 cm³/mol. The molecule has 1 aromatic heterocycles. The topological polar surface area (TPSA) is 54.5 Å². The molecule has 0 spiro atoms. The number of fused-ring (bicyclic) bond motifs is 1. The van der Waals surface area contributed by atoms with Gasteiger partial charge in [0.2, 0.25) is 0 Å². The molecule has 2 N–H and O–H groups in total. The number of aromatic nitrogens is 1. The lowest BCUT2D eigenvalue weighted by molar-refractivity contribution is 0.555. The number of halogens is 1. The molecular weight excluding hydrogens is 308 g/mol. The van der Waals surface area contributed by atoms with E-state index in [0.717, 1.165) is 34.2 Å². The van der Waals surface area contributed by atoms with E-state index < -0.39 is 0 Å². The first kappa shape index (κ1) is 16.0. The van der Waals surface area contributed by atoms with Gasteiger partial charge in [0.05, 0.1) is 30.2 Å². The quantitative estimate of drug-likeness (QED) is 0.916. The number of hydrogen-bond acceptors (Lipinski definition) is 4. The number of benzene rings is 1. The lowest BCUT2D eigenvalue weighted by Gasteiger charge is -2.34. The molecule has 23 heavy (non-hydrogen) atoms. The van der Waals surface area contributed by atoms with Crippen LogP contribution in [0.4, 0.5) is 11.4 Å². The normalized spacial score (nSPS) is 15.3. The zero-order valence-corrected chi connectivity index (χ0v) is 14.2. The predicted octanol–water partition coefficient (Wildman–Crippen LogP) is 4.16. The molecule has 0 saturated carbocycles. The summed E-state index contributed by atoms with van der Waals surface area (Å²) in [5.41, 5.74) is 9.36. The van der Waals surface area contributed by atoms with E-state index in [-0.39, 0.29) is 6.04 Å². The molecule has 0 unspecified atom stereocenters. The molecule has 0 fully saturated rings. The number of nitrogens with zero attached hydrogens (tertiary/aromatic N) is 3. The Bertz CT molecular complexity index is 712. The third-order valence-electron chi connectivity index (χ3n) is 3.94. The fraction of sp³-hybridized carbons (Fsp3) is 0.333. The van der Waals surface area contributed by atoms with Crippen molar-refractivity contribution >= 4 is 28.8 Å². The Labute approximate surface area is 142 Å². The van der Waals surface area contributed by atoms with Gasteiger partial charge in [-0.25, -0.2) is 4.99 Å². The van der Waals surface area contributed by atoms with Gasteiger partial charge >= 0.3 is 0 Å². The second kappa shape index (κ2) is 6.69. The molecule has 1 aliphatic heterocycles. The molecule has 0 saturated heterocycles. The number of hydrogen-bond donors (Lipinski definition) is 1. The Morgan fingerprint density at radius 3 is 2.78 bits per heavy atom. The first-order valence-electron chi connectivity index (χ1n) is 7.85. The second-order valence-electron chi connectivity index (χ2n) is 6.24. The van der Waals surface area contributed by atoms with Crippen LogP contribution in [0.2, 0.25) is 5.02 Å². The Morgan fingerprint density at radius 2 is 2.09 bits per heavy atom. The van der Waals surface area contributed by atoms with E-state index in [1.807, 2.05) is 36.5 Å². The highest BCUT2D eigenvalue weighted by Gasteiger charge is 2.27. The highest BCUT2D eigenvalue weighted by Crippen LogP contribution is 2.34. The maximum Gasteiger partial charge on any atom is 0.127 e. The van der Waals surface area contributed by atoms with Crippen molar-refractivity contribution in [3.63, 3.8) is 0 Å². The minimum Gasteiger partial charge on any atom is -0.323 e. The highest BCUT2D eigenvalue weighted by molar-refractivity contribution is 6.32. The van der Waals surface area contributed by atoms with Crippen molar-refractivity contribution < 1.29 is 0 Å². The first-order chi connectivity index (χ1) is 11.1. The fourth-order valence-corrected chi connectivity index (χ4v) is 3.09. The summed E-state index contributed by atoms with van der Waals surface area (Å²) in [4.78, 5) is 11.2. The molecule has 0 amide bonds. The summed E-state index contributed by atoms with van der Waals surface area (Å²) in [5.74, 6) is 1.38. The van der Waals surface area contributed by atoms with Gasteiger partial charge in [-0.2, -0.15) is 0 Å². The van der Waals surface area contributed by atoms with Crippen molar-refractivity contribution in [1.82, 2.24) is 4.98 Å². The minimum atomic E-state index is -0.123. The van der Waals surface area contributed by atoms with Crippen LogP contribution in [-0.4, -0.2) is 16.9 Å². The average Bonchev–Trinajstić information content (AvgIpc) is 2.54.